The largest absolute Gasteiger partial charge is 0.358 e. The number of para-hydroxylation sites is 1. The van der Waals surface area contributed by atoms with Crippen LogP contribution in [-0.2, 0) is 0 Å². The molecular formula is C11H16N4. The molecule has 0 bridgehead atoms. The zero-order chi connectivity index (χ0) is 10.8. The Morgan fingerprint density at radius 2 is 2.07 bits per heavy atom. The second-order valence-corrected chi connectivity index (χ2v) is 3.60. The number of hydrazine groups is 1. The van der Waals surface area contributed by atoms with Gasteiger partial charge in [0.25, 0.3) is 0 Å². The molecule has 1 aromatic carbocycles. The number of aromatic nitrogens is 1. The monoisotopic (exact) mass is 204 g/mol. The smallest absolute Gasteiger partial charge is 0.0981 e. The highest BCUT2D eigenvalue weighted by atomic mass is 15.3. The van der Waals surface area contributed by atoms with E-state index in [1.807, 2.05) is 19.2 Å². The lowest BCUT2D eigenvalue weighted by Gasteiger charge is -2.15. The highest BCUT2D eigenvalue weighted by molar-refractivity contribution is 5.85. The summed E-state index contributed by atoms with van der Waals surface area (Å²) >= 11 is 0. The van der Waals surface area contributed by atoms with Crippen LogP contribution < -0.4 is 16.6 Å². The first kappa shape index (κ1) is 10.2. The van der Waals surface area contributed by atoms with Gasteiger partial charge in [-0.05, 0) is 20.0 Å². The van der Waals surface area contributed by atoms with Crippen LogP contribution in [0.25, 0.3) is 10.9 Å². The van der Waals surface area contributed by atoms with Crippen LogP contribution in [0.1, 0.15) is 17.4 Å². The fourth-order valence-corrected chi connectivity index (χ4v) is 1.98. The van der Waals surface area contributed by atoms with Gasteiger partial charge in [0.15, 0.2) is 0 Å². The first-order chi connectivity index (χ1) is 7.27. The van der Waals surface area contributed by atoms with Crippen LogP contribution in [0.15, 0.2) is 24.3 Å². The van der Waals surface area contributed by atoms with E-state index < -0.39 is 0 Å². The minimum absolute atomic E-state index is 0.0267. The summed E-state index contributed by atoms with van der Waals surface area (Å²) in [5, 5.41) is 4.33. The SMILES string of the molecule is CNC(NN)c1c(C)[nH]c2ccccc12. The van der Waals surface area contributed by atoms with Gasteiger partial charge in [-0.25, -0.2) is 5.43 Å². The average Bonchev–Trinajstić information content (AvgIpc) is 2.58. The molecule has 0 saturated carbocycles. The maximum absolute atomic E-state index is 5.51. The van der Waals surface area contributed by atoms with E-state index in [9.17, 15) is 0 Å². The van der Waals surface area contributed by atoms with Gasteiger partial charge in [-0.2, -0.15) is 0 Å². The van der Waals surface area contributed by atoms with E-state index in [4.69, 9.17) is 5.84 Å². The number of hydrogen-bond donors (Lipinski definition) is 4. The Kier molecular flexibility index (Phi) is 2.73. The number of rotatable bonds is 3. The molecule has 0 saturated heterocycles. The predicted octanol–water partition coefficient (Wildman–Crippen LogP) is 1.16. The van der Waals surface area contributed by atoms with Crippen molar-refractivity contribution in [3.05, 3.63) is 35.5 Å². The molecule has 0 fully saturated rings. The highest BCUT2D eigenvalue weighted by Crippen LogP contribution is 2.25. The van der Waals surface area contributed by atoms with Crippen LogP contribution >= 0.6 is 0 Å². The van der Waals surface area contributed by atoms with Crippen LogP contribution in [0.5, 0.6) is 0 Å². The van der Waals surface area contributed by atoms with Gasteiger partial charge in [0, 0.05) is 22.2 Å². The minimum atomic E-state index is -0.0267. The molecule has 2 rings (SSSR count). The molecule has 4 nitrogen and oxygen atoms in total. The molecule has 0 radical (unpaired) electrons. The minimum Gasteiger partial charge on any atom is -0.358 e. The fraction of sp³-hybridized carbons (Fsp3) is 0.273. The van der Waals surface area contributed by atoms with Crippen molar-refractivity contribution >= 4 is 10.9 Å². The van der Waals surface area contributed by atoms with Crippen LogP contribution in [0.4, 0.5) is 0 Å². The van der Waals surface area contributed by atoms with E-state index in [1.54, 1.807) is 0 Å². The second kappa shape index (κ2) is 4.02. The third-order valence-corrected chi connectivity index (χ3v) is 2.69. The molecule has 0 amide bonds. The second-order valence-electron chi connectivity index (χ2n) is 3.60. The van der Waals surface area contributed by atoms with Crippen LogP contribution in [0, 0.1) is 6.92 Å². The molecule has 1 heterocycles. The van der Waals surface area contributed by atoms with Gasteiger partial charge in [-0.1, -0.05) is 18.2 Å². The van der Waals surface area contributed by atoms with Crippen LogP contribution in [0.2, 0.25) is 0 Å². The number of nitrogens with one attached hydrogen (secondary N) is 3. The van der Waals surface area contributed by atoms with Gasteiger partial charge in [-0.3, -0.25) is 5.84 Å². The Balaban J connectivity index is 2.62. The third kappa shape index (κ3) is 1.63. The van der Waals surface area contributed by atoms with E-state index in [0.29, 0.717) is 0 Å². The Morgan fingerprint density at radius 3 is 2.73 bits per heavy atom. The summed E-state index contributed by atoms with van der Waals surface area (Å²) in [5.74, 6) is 5.51. The predicted molar refractivity (Wildman–Crippen MR) is 62.2 cm³/mol. The molecule has 15 heavy (non-hydrogen) atoms. The summed E-state index contributed by atoms with van der Waals surface area (Å²) in [6, 6.07) is 8.21. The van der Waals surface area contributed by atoms with E-state index >= 15 is 0 Å². The lowest BCUT2D eigenvalue weighted by atomic mass is 10.1. The van der Waals surface area contributed by atoms with Gasteiger partial charge < -0.3 is 10.3 Å². The van der Waals surface area contributed by atoms with Gasteiger partial charge in [0.1, 0.15) is 0 Å². The zero-order valence-corrected chi connectivity index (χ0v) is 8.96. The summed E-state index contributed by atoms with van der Waals surface area (Å²) in [6.07, 6.45) is -0.0267. The number of fused-ring (bicyclic) bond motifs is 1. The molecule has 5 N–H and O–H groups in total. The number of hydrogen-bond acceptors (Lipinski definition) is 3. The maximum Gasteiger partial charge on any atom is 0.0981 e. The quantitative estimate of drug-likeness (QED) is 0.344. The Morgan fingerprint density at radius 1 is 1.33 bits per heavy atom. The topological polar surface area (TPSA) is 65.9 Å². The number of nitrogens with two attached hydrogens (primary N) is 1. The molecule has 2 aromatic rings. The molecular weight excluding hydrogens is 188 g/mol. The molecule has 0 aliphatic carbocycles. The van der Waals surface area contributed by atoms with Crippen molar-refractivity contribution in [2.45, 2.75) is 13.1 Å². The van der Waals surface area contributed by atoms with Gasteiger partial charge in [0.05, 0.1) is 6.17 Å². The Labute approximate surface area is 88.8 Å². The van der Waals surface area contributed by atoms with Gasteiger partial charge in [0.2, 0.25) is 0 Å². The van der Waals surface area contributed by atoms with E-state index in [2.05, 4.69) is 34.8 Å². The summed E-state index contributed by atoms with van der Waals surface area (Å²) in [6.45, 7) is 2.05. The van der Waals surface area contributed by atoms with Crippen molar-refractivity contribution in [3.8, 4) is 0 Å². The average molecular weight is 204 g/mol. The molecule has 0 spiro atoms. The number of aryl methyl sites for hydroxylation is 1. The van der Waals surface area contributed by atoms with Gasteiger partial charge in [-0.15, -0.1) is 0 Å². The molecule has 0 aliphatic rings. The standard InChI is InChI=1S/C11H16N4/c1-7-10(11(13-2)15-12)8-5-3-4-6-9(8)14-7/h3-6,11,13-15H,12H2,1-2H3. The van der Waals surface area contributed by atoms with Crippen LogP contribution in [-0.4, -0.2) is 12.0 Å². The summed E-state index contributed by atoms with van der Waals surface area (Å²) < 4.78 is 0. The van der Waals surface area contributed by atoms with Crippen molar-refractivity contribution in [2.24, 2.45) is 5.84 Å². The van der Waals surface area contributed by atoms with E-state index in [-0.39, 0.29) is 6.17 Å². The van der Waals surface area contributed by atoms with Crippen molar-refractivity contribution < 1.29 is 0 Å². The number of aromatic amines is 1. The molecule has 0 aliphatic heterocycles. The molecule has 1 atom stereocenters. The third-order valence-electron chi connectivity index (χ3n) is 2.69. The number of benzene rings is 1. The van der Waals surface area contributed by atoms with Crippen molar-refractivity contribution in [3.63, 3.8) is 0 Å². The lowest BCUT2D eigenvalue weighted by molar-refractivity contribution is 0.489. The molecule has 4 heteroatoms. The number of H-pyrrole nitrogens is 1. The summed E-state index contributed by atoms with van der Waals surface area (Å²) in [7, 11) is 1.88. The molecule has 1 unspecified atom stereocenters. The summed E-state index contributed by atoms with van der Waals surface area (Å²) in [5.41, 5.74) is 6.20. The lowest BCUT2D eigenvalue weighted by Crippen LogP contribution is -2.36. The fourth-order valence-electron chi connectivity index (χ4n) is 1.98. The van der Waals surface area contributed by atoms with E-state index in [0.717, 1.165) is 11.2 Å². The maximum atomic E-state index is 5.51. The van der Waals surface area contributed by atoms with Crippen molar-refractivity contribution in [1.29, 1.82) is 0 Å². The first-order valence-corrected chi connectivity index (χ1v) is 4.98. The van der Waals surface area contributed by atoms with Crippen LogP contribution in [0.3, 0.4) is 0 Å². The van der Waals surface area contributed by atoms with E-state index in [1.165, 1.54) is 10.9 Å². The molecule has 80 valence electrons. The van der Waals surface area contributed by atoms with Crippen molar-refractivity contribution in [2.75, 3.05) is 7.05 Å². The first-order valence-electron chi connectivity index (χ1n) is 4.98. The Hall–Kier alpha value is -1.36. The molecule has 1 aromatic heterocycles. The normalized spacial score (nSPS) is 13.3. The Bertz CT molecular complexity index is 457. The zero-order valence-electron chi connectivity index (χ0n) is 8.96. The van der Waals surface area contributed by atoms with Crippen molar-refractivity contribution in [1.82, 2.24) is 15.7 Å². The van der Waals surface area contributed by atoms with Gasteiger partial charge >= 0.3 is 0 Å². The highest BCUT2D eigenvalue weighted by Gasteiger charge is 2.15. The summed E-state index contributed by atoms with van der Waals surface area (Å²) in [4.78, 5) is 3.34.